The number of nitrogens with zero attached hydrogens (tertiary/aromatic N) is 2. The van der Waals surface area contributed by atoms with E-state index >= 15 is 0 Å². The van der Waals surface area contributed by atoms with Crippen LogP contribution in [-0.2, 0) is 29.8 Å². The van der Waals surface area contributed by atoms with Gasteiger partial charge >= 0.3 is 0 Å². The van der Waals surface area contributed by atoms with Crippen molar-refractivity contribution in [3.05, 3.63) is 83.2 Å². The van der Waals surface area contributed by atoms with Crippen LogP contribution in [0.4, 0.5) is 14.5 Å². The molecule has 1 aliphatic carbocycles. The Morgan fingerprint density at radius 3 is 2.62 bits per heavy atom. The van der Waals surface area contributed by atoms with E-state index in [9.17, 15) is 17.8 Å². The predicted octanol–water partition coefficient (Wildman–Crippen LogP) is 5.63. The second kappa shape index (κ2) is 10.4. The molecule has 1 aliphatic heterocycles. The zero-order valence-electron chi connectivity index (χ0n) is 21.0. The standard InChI is InChI=1S/C28H32F2N4O2S/c1-18(8-9-19-6-4-3-5-7-19)25-15-13-22-26(37(36,33-25)32-20-10-11-20)17-34(2)27(22)28(35)31-21-12-14-23(29)24(30)16-21/h3-7,12,14,16-18,20,25H,8-11,13,15H2,1-2H3,(H,31,35)(H,32,33,36)/t18?,25-,37?/m1/s1. The average Bonchev–Trinajstić information content (AvgIpc) is 3.63. The summed E-state index contributed by atoms with van der Waals surface area (Å²) in [6, 6.07) is 13.6. The summed E-state index contributed by atoms with van der Waals surface area (Å²) in [6.07, 6.45) is 6.68. The maximum absolute atomic E-state index is 14.4. The highest BCUT2D eigenvalue weighted by Gasteiger charge is 2.35. The fourth-order valence-corrected chi connectivity index (χ4v) is 7.46. The molecule has 0 saturated heterocycles. The van der Waals surface area contributed by atoms with Crippen molar-refractivity contribution in [3.63, 3.8) is 0 Å². The van der Waals surface area contributed by atoms with Crippen LogP contribution in [0.3, 0.4) is 0 Å². The maximum Gasteiger partial charge on any atom is 0.272 e. The number of aromatic nitrogens is 1. The van der Waals surface area contributed by atoms with Gasteiger partial charge in [0.25, 0.3) is 5.91 Å². The number of carbonyl (C=O) groups is 1. The Morgan fingerprint density at radius 2 is 1.92 bits per heavy atom. The van der Waals surface area contributed by atoms with Gasteiger partial charge in [0.1, 0.15) is 15.6 Å². The highest BCUT2D eigenvalue weighted by Crippen LogP contribution is 2.34. The number of benzene rings is 2. The summed E-state index contributed by atoms with van der Waals surface area (Å²) < 4.78 is 51.3. The number of aryl methyl sites for hydroxylation is 2. The van der Waals surface area contributed by atoms with Crippen molar-refractivity contribution in [2.45, 2.75) is 62.4 Å². The number of anilines is 1. The number of rotatable bonds is 7. The van der Waals surface area contributed by atoms with Gasteiger partial charge in [0.05, 0.1) is 10.9 Å². The van der Waals surface area contributed by atoms with Crippen molar-refractivity contribution >= 4 is 21.5 Å². The molecule has 1 saturated carbocycles. The topological polar surface area (TPSA) is 75.5 Å². The van der Waals surface area contributed by atoms with Crippen molar-refractivity contribution in [3.8, 4) is 0 Å². The number of hydrogen-bond donors (Lipinski definition) is 2. The third kappa shape index (κ3) is 5.62. The minimum atomic E-state index is -2.96. The predicted molar refractivity (Wildman–Crippen MR) is 141 cm³/mol. The molecule has 196 valence electrons. The fraction of sp³-hybridized carbons (Fsp3) is 0.393. The lowest BCUT2D eigenvalue weighted by Gasteiger charge is -2.25. The molecule has 37 heavy (non-hydrogen) atoms. The van der Waals surface area contributed by atoms with E-state index in [0.29, 0.717) is 29.0 Å². The van der Waals surface area contributed by atoms with Crippen LogP contribution >= 0.6 is 0 Å². The van der Waals surface area contributed by atoms with Crippen molar-refractivity contribution < 1.29 is 17.8 Å². The van der Waals surface area contributed by atoms with Gasteiger partial charge in [-0.25, -0.2) is 22.1 Å². The van der Waals surface area contributed by atoms with Crippen LogP contribution in [-0.4, -0.2) is 26.8 Å². The fourth-order valence-electron chi connectivity index (χ4n) is 4.93. The van der Waals surface area contributed by atoms with Crippen LogP contribution in [0, 0.1) is 17.6 Å². The van der Waals surface area contributed by atoms with E-state index in [1.165, 1.54) is 11.6 Å². The molecule has 3 aromatic rings. The summed E-state index contributed by atoms with van der Waals surface area (Å²) in [6.45, 7) is 2.17. The number of halogens is 2. The van der Waals surface area contributed by atoms with Gasteiger partial charge in [0.2, 0.25) is 0 Å². The van der Waals surface area contributed by atoms with Crippen LogP contribution < -0.4 is 10.0 Å². The van der Waals surface area contributed by atoms with Crippen molar-refractivity contribution in [2.75, 3.05) is 5.32 Å². The molecule has 0 bridgehead atoms. The second-order valence-corrected chi connectivity index (χ2v) is 12.1. The zero-order chi connectivity index (χ0) is 26.2. The lowest BCUT2D eigenvalue weighted by molar-refractivity contribution is 0.101. The Labute approximate surface area is 216 Å². The first-order valence-corrected chi connectivity index (χ1v) is 14.3. The van der Waals surface area contributed by atoms with E-state index < -0.39 is 27.5 Å². The average molecular weight is 527 g/mol. The number of amides is 1. The van der Waals surface area contributed by atoms with E-state index in [1.807, 2.05) is 18.2 Å². The molecule has 1 amide bonds. The van der Waals surface area contributed by atoms with Gasteiger partial charge < -0.3 is 9.88 Å². The molecule has 5 rings (SSSR count). The van der Waals surface area contributed by atoms with E-state index in [-0.39, 0.29) is 23.7 Å². The second-order valence-electron chi connectivity index (χ2n) is 10.1. The molecule has 2 N–H and O–H groups in total. The Balaban J connectivity index is 1.43. The molecule has 2 aliphatic rings. The van der Waals surface area contributed by atoms with E-state index in [1.54, 1.807) is 17.8 Å². The summed E-state index contributed by atoms with van der Waals surface area (Å²) >= 11 is 0. The highest BCUT2D eigenvalue weighted by atomic mass is 32.2. The molecule has 1 aromatic heterocycles. The molecule has 1 fully saturated rings. The molecular formula is C28H32F2N4O2S. The molecule has 2 unspecified atom stereocenters. The van der Waals surface area contributed by atoms with Crippen LogP contribution in [0.25, 0.3) is 0 Å². The first-order valence-electron chi connectivity index (χ1n) is 12.8. The molecule has 0 radical (unpaired) electrons. The molecule has 2 aromatic carbocycles. The smallest absolute Gasteiger partial charge is 0.272 e. The van der Waals surface area contributed by atoms with Gasteiger partial charge in [-0.15, -0.1) is 0 Å². The molecule has 3 atom stereocenters. The maximum atomic E-state index is 14.4. The number of hydrogen-bond acceptors (Lipinski definition) is 3. The number of carbonyl (C=O) groups excluding carboxylic acids is 1. The van der Waals surface area contributed by atoms with Gasteiger partial charge in [-0.05, 0) is 62.1 Å². The lowest BCUT2D eigenvalue weighted by atomic mass is 9.91. The summed E-state index contributed by atoms with van der Waals surface area (Å²) in [5, 5.41) is 2.67. The first-order chi connectivity index (χ1) is 17.7. The monoisotopic (exact) mass is 526 g/mol. The number of fused-ring (bicyclic) bond motifs is 1. The summed E-state index contributed by atoms with van der Waals surface area (Å²) in [7, 11) is -1.23. The molecule has 0 spiro atoms. The summed E-state index contributed by atoms with van der Waals surface area (Å²) in [5.41, 5.74) is 2.48. The Morgan fingerprint density at radius 1 is 1.16 bits per heavy atom. The van der Waals surface area contributed by atoms with Gasteiger partial charge in [0, 0.05) is 36.6 Å². The Hall–Kier alpha value is -3.04. The SMILES string of the molecule is CC(CCc1ccccc1)[C@H]1CCc2c(cn(C)c2C(=O)Nc2ccc(F)c(F)c2)S(=O)(=NC2CC2)N1. The molecule has 6 nitrogen and oxygen atoms in total. The first kappa shape index (κ1) is 25.6. The van der Waals surface area contributed by atoms with E-state index in [4.69, 9.17) is 4.36 Å². The largest absolute Gasteiger partial charge is 0.345 e. The van der Waals surface area contributed by atoms with Gasteiger partial charge in [0.15, 0.2) is 11.6 Å². The minimum absolute atomic E-state index is 0.0291. The quantitative estimate of drug-likeness (QED) is 0.419. The van der Waals surface area contributed by atoms with Gasteiger partial charge in [-0.3, -0.25) is 4.79 Å². The van der Waals surface area contributed by atoms with Crippen molar-refractivity contribution in [1.82, 2.24) is 9.29 Å². The Kier molecular flexibility index (Phi) is 7.18. The van der Waals surface area contributed by atoms with Crippen LogP contribution in [0.1, 0.15) is 54.2 Å². The van der Waals surface area contributed by atoms with Crippen LogP contribution in [0.2, 0.25) is 0 Å². The van der Waals surface area contributed by atoms with Crippen molar-refractivity contribution in [1.29, 1.82) is 0 Å². The molecular weight excluding hydrogens is 494 g/mol. The zero-order valence-corrected chi connectivity index (χ0v) is 21.9. The molecule has 9 heteroatoms. The van der Waals surface area contributed by atoms with Gasteiger partial charge in [-0.1, -0.05) is 37.3 Å². The number of nitrogens with one attached hydrogen (secondary N) is 2. The van der Waals surface area contributed by atoms with E-state index in [0.717, 1.165) is 37.8 Å². The lowest BCUT2D eigenvalue weighted by Crippen LogP contribution is -2.38. The normalized spacial score (nSPS) is 22.1. The van der Waals surface area contributed by atoms with Crippen LogP contribution in [0.15, 0.2) is 64.0 Å². The Bertz CT molecular complexity index is 1430. The summed E-state index contributed by atoms with van der Waals surface area (Å²) in [5.74, 6) is -2.23. The molecule has 2 heterocycles. The van der Waals surface area contributed by atoms with Gasteiger partial charge in [-0.2, -0.15) is 0 Å². The minimum Gasteiger partial charge on any atom is -0.345 e. The third-order valence-electron chi connectivity index (χ3n) is 7.22. The van der Waals surface area contributed by atoms with E-state index in [2.05, 4.69) is 29.1 Å². The summed E-state index contributed by atoms with van der Waals surface area (Å²) in [4.78, 5) is 13.9. The van der Waals surface area contributed by atoms with Crippen LogP contribution in [0.5, 0.6) is 0 Å². The third-order valence-corrected chi connectivity index (χ3v) is 9.38. The highest BCUT2D eigenvalue weighted by molar-refractivity contribution is 7.91. The van der Waals surface area contributed by atoms with Crippen molar-refractivity contribution in [2.24, 2.45) is 17.3 Å².